The van der Waals surface area contributed by atoms with Crippen LogP contribution < -0.4 is 14.8 Å². The topological polar surface area (TPSA) is 67.8 Å². The highest BCUT2D eigenvalue weighted by Gasteiger charge is 2.17. The fourth-order valence-electron chi connectivity index (χ4n) is 2.28. The molecule has 0 saturated carbocycles. The van der Waals surface area contributed by atoms with Gasteiger partial charge in [0.2, 0.25) is 5.91 Å². The Bertz CT molecular complexity index is 698. The van der Waals surface area contributed by atoms with E-state index in [4.69, 9.17) is 9.47 Å². The fourth-order valence-corrected chi connectivity index (χ4v) is 2.28. The van der Waals surface area contributed by atoms with Crippen LogP contribution >= 0.6 is 0 Å². The minimum Gasteiger partial charge on any atom is -0.493 e. The molecule has 0 aliphatic rings. The normalized spacial score (nSPS) is 12.0. The Morgan fingerprint density at radius 1 is 1.12 bits per heavy atom. The number of aliphatic hydroxyl groups excluding tert-OH is 1. The predicted molar refractivity (Wildman–Crippen MR) is 93.0 cm³/mol. The highest BCUT2D eigenvalue weighted by atomic mass is 16.5. The second kappa shape index (κ2) is 8.74. The standard InChI is InChI=1S/C19H21NO4/c1-23-17-10-6-9-15(19(17)24-2)16(21)13-20-18(22)12-11-14-7-4-3-5-8-14/h3-12,16,21H,13H2,1-2H3,(H,20,22)/b12-11+/t16-/m1/s1. The molecular formula is C19H21NO4. The summed E-state index contributed by atoms with van der Waals surface area (Å²) < 4.78 is 10.5. The smallest absolute Gasteiger partial charge is 0.244 e. The quantitative estimate of drug-likeness (QED) is 0.767. The molecule has 126 valence electrons. The first-order valence-corrected chi connectivity index (χ1v) is 7.55. The maximum Gasteiger partial charge on any atom is 0.244 e. The molecule has 0 aliphatic carbocycles. The van der Waals surface area contributed by atoms with Gasteiger partial charge in [0, 0.05) is 18.2 Å². The molecule has 5 heteroatoms. The number of hydrogen-bond donors (Lipinski definition) is 2. The largest absolute Gasteiger partial charge is 0.493 e. The van der Waals surface area contributed by atoms with Gasteiger partial charge in [0.1, 0.15) is 6.10 Å². The third kappa shape index (κ3) is 4.60. The second-order valence-corrected chi connectivity index (χ2v) is 5.09. The summed E-state index contributed by atoms with van der Waals surface area (Å²) in [4.78, 5) is 11.9. The summed E-state index contributed by atoms with van der Waals surface area (Å²) in [6.45, 7) is 0.0709. The number of nitrogens with one attached hydrogen (secondary N) is 1. The lowest BCUT2D eigenvalue weighted by Crippen LogP contribution is -2.26. The van der Waals surface area contributed by atoms with Gasteiger partial charge in [0.25, 0.3) is 0 Å². The number of methoxy groups -OCH3 is 2. The molecule has 2 aromatic carbocycles. The fraction of sp³-hybridized carbons (Fsp3) is 0.211. The summed E-state index contributed by atoms with van der Waals surface area (Å²) in [6, 6.07) is 14.8. The summed E-state index contributed by atoms with van der Waals surface area (Å²) in [6.07, 6.45) is 2.25. The molecule has 0 radical (unpaired) electrons. The Labute approximate surface area is 141 Å². The van der Waals surface area contributed by atoms with Crippen molar-refractivity contribution in [1.82, 2.24) is 5.32 Å². The molecule has 0 fully saturated rings. The van der Waals surface area contributed by atoms with Gasteiger partial charge in [-0.15, -0.1) is 0 Å². The van der Waals surface area contributed by atoms with Gasteiger partial charge in [-0.05, 0) is 17.7 Å². The van der Waals surface area contributed by atoms with Crippen LogP contribution in [0.4, 0.5) is 0 Å². The molecule has 0 spiro atoms. The molecule has 0 saturated heterocycles. The van der Waals surface area contributed by atoms with Gasteiger partial charge >= 0.3 is 0 Å². The second-order valence-electron chi connectivity index (χ2n) is 5.09. The third-order valence-electron chi connectivity index (χ3n) is 3.49. The molecule has 2 aromatic rings. The minimum absolute atomic E-state index is 0.0709. The Hall–Kier alpha value is -2.79. The monoisotopic (exact) mass is 327 g/mol. The van der Waals surface area contributed by atoms with Crippen LogP contribution in [-0.4, -0.2) is 31.8 Å². The zero-order valence-corrected chi connectivity index (χ0v) is 13.7. The van der Waals surface area contributed by atoms with Crippen molar-refractivity contribution in [2.75, 3.05) is 20.8 Å². The van der Waals surface area contributed by atoms with E-state index in [9.17, 15) is 9.90 Å². The maximum absolute atomic E-state index is 11.9. The Kier molecular flexibility index (Phi) is 6.40. The van der Waals surface area contributed by atoms with Crippen molar-refractivity contribution >= 4 is 12.0 Å². The van der Waals surface area contributed by atoms with Crippen molar-refractivity contribution in [3.8, 4) is 11.5 Å². The van der Waals surface area contributed by atoms with Crippen molar-refractivity contribution in [2.24, 2.45) is 0 Å². The van der Waals surface area contributed by atoms with Crippen LogP contribution in [0, 0.1) is 0 Å². The van der Waals surface area contributed by atoms with Gasteiger partial charge in [-0.3, -0.25) is 4.79 Å². The van der Waals surface area contributed by atoms with Gasteiger partial charge < -0.3 is 19.9 Å². The number of carbonyl (C=O) groups is 1. The van der Waals surface area contributed by atoms with Crippen LogP contribution in [0.3, 0.4) is 0 Å². The molecular weight excluding hydrogens is 306 g/mol. The molecule has 5 nitrogen and oxygen atoms in total. The SMILES string of the molecule is COc1cccc([C@H](O)CNC(=O)/C=C/c2ccccc2)c1OC. The molecule has 0 unspecified atom stereocenters. The first-order valence-electron chi connectivity index (χ1n) is 7.55. The summed E-state index contributed by atoms with van der Waals surface area (Å²) >= 11 is 0. The van der Waals surface area contributed by atoms with Gasteiger partial charge in [0.15, 0.2) is 11.5 Å². The molecule has 0 aliphatic heterocycles. The number of hydrogen-bond acceptors (Lipinski definition) is 4. The van der Waals surface area contributed by atoms with Crippen LogP contribution in [0.25, 0.3) is 6.08 Å². The molecule has 0 aromatic heterocycles. The minimum atomic E-state index is -0.899. The number of carbonyl (C=O) groups excluding carboxylic acids is 1. The van der Waals surface area contributed by atoms with Crippen molar-refractivity contribution in [3.05, 3.63) is 65.7 Å². The predicted octanol–water partition coefficient (Wildman–Crippen LogP) is 2.57. The van der Waals surface area contributed by atoms with E-state index in [0.717, 1.165) is 5.56 Å². The van der Waals surface area contributed by atoms with E-state index in [0.29, 0.717) is 17.1 Å². The van der Waals surface area contributed by atoms with Crippen LogP contribution in [-0.2, 0) is 4.79 Å². The number of benzene rings is 2. The van der Waals surface area contributed by atoms with Gasteiger partial charge in [0.05, 0.1) is 14.2 Å². The Morgan fingerprint density at radius 3 is 2.54 bits per heavy atom. The lowest BCUT2D eigenvalue weighted by Gasteiger charge is -2.17. The van der Waals surface area contributed by atoms with E-state index in [2.05, 4.69) is 5.32 Å². The van der Waals surface area contributed by atoms with Crippen molar-refractivity contribution in [2.45, 2.75) is 6.10 Å². The van der Waals surface area contributed by atoms with Gasteiger partial charge in [-0.2, -0.15) is 0 Å². The number of amides is 1. The maximum atomic E-state index is 11.9. The average molecular weight is 327 g/mol. The number of rotatable bonds is 7. The molecule has 2 N–H and O–H groups in total. The highest BCUT2D eigenvalue weighted by molar-refractivity contribution is 5.91. The van der Waals surface area contributed by atoms with Crippen molar-refractivity contribution in [1.29, 1.82) is 0 Å². The molecule has 24 heavy (non-hydrogen) atoms. The summed E-state index contributed by atoms with van der Waals surface area (Å²) in [5.74, 6) is 0.714. The lowest BCUT2D eigenvalue weighted by molar-refractivity contribution is -0.116. The van der Waals surface area contributed by atoms with Gasteiger partial charge in [-0.1, -0.05) is 42.5 Å². The molecule has 0 heterocycles. The van der Waals surface area contributed by atoms with Crippen LogP contribution in [0.15, 0.2) is 54.6 Å². The van der Waals surface area contributed by atoms with Gasteiger partial charge in [-0.25, -0.2) is 0 Å². The third-order valence-corrected chi connectivity index (χ3v) is 3.49. The van der Waals surface area contributed by atoms with E-state index >= 15 is 0 Å². The zero-order chi connectivity index (χ0) is 17.4. The van der Waals surface area contributed by atoms with E-state index in [1.807, 2.05) is 30.3 Å². The van der Waals surface area contributed by atoms with E-state index in [1.54, 1.807) is 24.3 Å². The summed E-state index contributed by atoms with van der Waals surface area (Å²) in [5.41, 5.74) is 1.49. The van der Waals surface area contributed by atoms with Crippen LogP contribution in [0.1, 0.15) is 17.2 Å². The van der Waals surface area contributed by atoms with E-state index in [1.165, 1.54) is 20.3 Å². The number of ether oxygens (including phenoxy) is 2. The number of aliphatic hydroxyl groups is 1. The Morgan fingerprint density at radius 2 is 1.88 bits per heavy atom. The molecule has 1 atom stereocenters. The zero-order valence-electron chi connectivity index (χ0n) is 13.7. The van der Waals surface area contributed by atoms with Crippen LogP contribution in [0.2, 0.25) is 0 Å². The molecule has 1 amide bonds. The van der Waals surface area contributed by atoms with Crippen molar-refractivity contribution < 1.29 is 19.4 Å². The van der Waals surface area contributed by atoms with Crippen molar-refractivity contribution in [3.63, 3.8) is 0 Å². The molecule has 0 bridgehead atoms. The Balaban J connectivity index is 1.97. The van der Waals surface area contributed by atoms with E-state index < -0.39 is 6.10 Å². The van der Waals surface area contributed by atoms with Crippen LogP contribution in [0.5, 0.6) is 11.5 Å². The summed E-state index contributed by atoms with van der Waals surface area (Å²) in [7, 11) is 3.04. The average Bonchev–Trinajstić information content (AvgIpc) is 2.64. The molecule has 2 rings (SSSR count). The lowest BCUT2D eigenvalue weighted by atomic mass is 10.1. The highest BCUT2D eigenvalue weighted by Crippen LogP contribution is 2.34. The van der Waals surface area contributed by atoms with E-state index in [-0.39, 0.29) is 12.5 Å². The first kappa shape index (κ1) is 17.6. The number of para-hydroxylation sites is 1. The first-order chi connectivity index (χ1) is 11.7. The summed E-state index contributed by atoms with van der Waals surface area (Å²) in [5, 5.41) is 13.0.